The van der Waals surface area contributed by atoms with Crippen molar-refractivity contribution in [2.24, 2.45) is 5.92 Å². The molecule has 1 aromatic heterocycles. The summed E-state index contributed by atoms with van der Waals surface area (Å²) in [5, 5.41) is 5.18. The van der Waals surface area contributed by atoms with Crippen LogP contribution in [0.4, 0.5) is 5.00 Å². The molecule has 0 bridgehead atoms. The number of fused-ring (bicyclic) bond motifs is 1. The molecule has 2 aromatic rings. The molecule has 1 atom stereocenters. The predicted octanol–water partition coefficient (Wildman–Crippen LogP) is 2.91. The first-order valence-electron chi connectivity index (χ1n) is 5.82. The van der Waals surface area contributed by atoms with Crippen molar-refractivity contribution in [3.63, 3.8) is 0 Å². The van der Waals surface area contributed by atoms with E-state index in [1.54, 1.807) is 0 Å². The minimum atomic E-state index is -0.348. The summed E-state index contributed by atoms with van der Waals surface area (Å²) in [5.41, 5.74) is 0.942. The molecule has 1 aromatic carbocycles. The summed E-state index contributed by atoms with van der Waals surface area (Å²) in [6.07, 6.45) is 0. The zero-order chi connectivity index (χ0) is 13.1. The summed E-state index contributed by atoms with van der Waals surface area (Å²) < 4.78 is 9.16. The molecular formula is C13H16N2O2S. The largest absolute Gasteiger partial charge is 0.467 e. The molecule has 0 radical (unpaired) electrons. The van der Waals surface area contributed by atoms with Crippen molar-refractivity contribution in [1.82, 2.24) is 4.37 Å². The summed E-state index contributed by atoms with van der Waals surface area (Å²) >= 11 is 1.37. The fourth-order valence-corrected chi connectivity index (χ4v) is 2.56. The Hall–Kier alpha value is -1.62. The number of benzene rings is 1. The van der Waals surface area contributed by atoms with Crippen LogP contribution in [0.1, 0.15) is 13.8 Å². The zero-order valence-corrected chi connectivity index (χ0v) is 11.5. The lowest BCUT2D eigenvalue weighted by molar-refractivity contribution is -0.142. The van der Waals surface area contributed by atoms with E-state index in [-0.39, 0.29) is 17.9 Å². The first kappa shape index (κ1) is 12.8. The molecule has 96 valence electrons. The summed E-state index contributed by atoms with van der Waals surface area (Å²) in [5.74, 6) is -0.0965. The Morgan fingerprint density at radius 3 is 2.78 bits per heavy atom. The Morgan fingerprint density at radius 2 is 2.11 bits per heavy atom. The second-order valence-corrected chi connectivity index (χ2v) is 5.19. The van der Waals surface area contributed by atoms with Crippen molar-refractivity contribution in [1.29, 1.82) is 0 Å². The molecule has 0 aliphatic rings. The van der Waals surface area contributed by atoms with Gasteiger partial charge in [0.1, 0.15) is 11.0 Å². The lowest BCUT2D eigenvalue weighted by Gasteiger charge is -2.19. The minimum absolute atomic E-state index is 0.151. The maximum Gasteiger partial charge on any atom is 0.328 e. The summed E-state index contributed by atoms with van der Waals surface area (Å²) in [7, 11) is 1.41. The first-order chi connectivity index (χ1) is 8.63. The molecule has 0 saturated carbocycles. The van der Waals surface area contributed by atoms with Gasteiger partial charge in [-0.15, -0.1) is 0 Å². The standard InChI is InChI=1S/C13H16N2O2S/c1-8(2)11(13(16)17-3)14-12-9-6-4-5-7-10(9)15-18-12/h4-8,11,14H,1-3H3. The average molecular weight is 264 g/mol. The highest BCUT2D eigenvalue weighted by Gasteiger charge is 2.24. The van der Waals surface area contributed by atoms with Crippen molar-refractivity contribution < 1.29 is 9.53 Å². The number of ether oxygens (including phenoxy) is 1. The monoisotopic (exact) mass is 264 g/mol. The molecule has 0 saturated heterocycles. The number of hydrogen-bond acceptors (Lipinski definition) is 5. The van der Waals surface area contributed by atoms with Gasteiger partial charge in [0.05, 0.1) is 12.6 Å². The van der Waals surface area contributed by atoms with E-state index in [2.05, 4.69) is 9.69 Å². The van der Waals surface area contributed by atoms with Gasteiger partial charge in [-0.2, -0.15) is 4.37 Å². The second-order valence-electron chi connectivity index (χ2n) is 4.42. The number of nitrogens with one attached hydrogen (secondary N) is 1. The van der Waals surface area contributed by atoms with Gasteiger partial charge >= 0.3 is 5.97 Å². The Bertz CT molecular complexity index is 551. The van der Waals surface area contributed by atoms with E-state index in [1.807, 2.05) is 38.1 Å². The molecule has 0 amide bonds. The van der Waals surface area contributed by atoms with Gasteiger partial charge in [-0.1, -0.05) is 26.0 Å². The van der Waals surface area contributed by atoms with E-state index < -0.39 is 0 Å². The summed E-state index contributed by atoms with van der Waals surface area (Å²) in [6, 6.07) is 7.52. The summed E-state index contributed by atoms with van der Waals surface area (Å²) in [6.45, 7) is 3.97. The number of hydrogen-bond donors (Lipinski definition) is 1. The molecule has 0 spiro atoms. The highest BCUT2D eigenvalue weighted by atomic mass is 32.1. The molecular weight excluding hydrogens is 248 g/mol. The number of nitrogens with zero attached hydrogens (tertiary/aromatic N) is 1. The molecule has 1 N–H and O–H groups in total. The second kappa shape index (κ2) is 5.35. The van der Waals surface area contributed by atoms with Crippen LogP contribution in [0, 0.1) is 5.92 Å². The molecule has 0 aliphatic heterocycles. The quantitative estimate of drug-likeness (QED) is 0.863. The molecule has 0 fully saturated rings. The zero-order valence-electron chi connectivity index (χ0n) is 10.6. The number of carbonyl (C=O) groups is 1. The third-order valence-corrected chi connectivity index (χ3v) is 3.60. The smallest absolute Gasteiger partial charge is 0.328 e. The third-order valence-electron chi connectivity index (χ3n) is 2.79. The van der Waals surface area contributed by atoms with Gasteiger partial charge in [-0.05, 0) is 29.6 Å². The van der Waals surface area contributed by atoms with Crippen LogP contribution in [0.15, 0.2) is 24.3 Å². The number of rotatable bonds is 4. The van der Waals surface area contributed by atoms with Crippen molar-refractivity contribution in [3.05, 3.63) is 24.3 Å². The predicted molar refractivity (Wildman–Crippen MR) is 73.9 cm³/mol. The van der Waals surface area contributed by atoms with Gasteiger partial charge in [0.15, 0.2) is 0 Å². The number of carbonyl (C=O) groups excluding carboxylic acids is 1. The molecule has 1 heterocycles. The van der Waals surface area contributed by atoms with Crippen molar-refractivity contribution in [2.45, 2.75) is 19.9 Å². The van der Waals surface area contributed by atoms with Crippen molar-refractivity contribution in [3.8, 4) is 0 Å². The van der Waals surface area contributed by atoms with E-state index in [0.717, 1.165) is 15.9 Å². The van der Waals surface area contributed by atoms with Gasteiger partial charge in [0.25, 0.3) is 0 Å². The van der Waals surface area contributed by atoms with Gasteiger partial charge < -0.3 is 10.1 Å². The van der Waals surface area contributed by atoms with Crippen LogP contribution in [0.5, 0.6) is 0 Å². The molecule has 0 aliphatic carbocycles. The lowest BCUT2D eigenvalue weighted by atomic mass is 10.0. The first-order valence-corrected chi connectivity index (χ1v) is 6.59. The summed E-state index contributed by atoms with van der Waals surface area (Å²) in [4.78, 5) is 11.7. The van der Waals surface area contributed by atoms with Crippen LogP contribution in [-0.2, 0) is 9.53 Å². The fourth-order valence-electron chi connectivity index (χ4n) is 1.76. The molecule has 4 nitrogen and oxygen atoms in total. The number of aromatic nitrogens is 1. The number of methoxy groups -OCH3 is 1. The van der Waals surface area contributed by atoms with Crippen LogP contribution in [0.2, 0.25) is 0 Å². The Balaban J connectivity index is 2.29. The van der Waals surface area contributed by atoms with Gasteiger partial charge in [-0.25, -0.2) is 4.79 Å². The van der Waals surface area contributed by atoms with Crippen LogP contribution >= 0.6 is 11.5 Å². The molecule has 1 unspecified atom stereocenters. The number of anilines is 1. The van der Waals surface area contributed by atoms with Crippen LogP contribution < -0.4 is 5.32 Å². The van der Waals surface area contributed by atoms with E-state index >= 15 is 0 Å². The molecule has 2 rings (SSSR count). The van der Waals surface area contributed by atoms with Gasteiger partial charge in [-0.3, -0.25) is 0 Å². The van der Waals surface area contributed by atoms with E-state index in [1.165, 1.54) is 18.6 Å². The third kappa shape index (κ3) is 2.46. The van der Waals surface area contributed by atoms with E-state index in [0.29, 0.717) is 0 Å². The van der Waals surface area contributed by atoms with Gasteiger partial charge in [0, 0.05) is 5.39 Å². The topological polar surface area (TPSA) is 51.2 Å². The van der Waals surface area contributed by atoms with Crippen LogP contribution in [0.25, 0.3) is 10.9 Å². The Morgan fingerprint density at radius 1 is 1.39 bits per heavy atom. The Labute approximate surface area is 110 Å². The van der Waals surface area contributed by atoms with E-state index in [4.69, 9.17) is 4.74 Å². The minimum Gasteiger partial charge on any atom is -0.467 e. The van der Waals surface area contributed by atoms with Crippen molar-refractivity contribution >= 4 is 33.4 Å². The Kier molecular flexibility index (Phi) is 3.81. The maximum absolute atomic E-state index is 11.7. The molecule has 18 heavy (non-hydrogen) atoms. The fraction of sp³-hybridized carbons (Fsp3) is 0.385. The van der Waals surface area contributed by atoms with Gasteiger partial charge in [0.2, 0.25) is 0 Å². The lowest BCUT2D eigenvalue weighted by Crippen LogP contribution is -2.35. The normalized spacial score (nSPS) is 12.7. The van der Waals surface area contributed by atoms with E-state index in [9.17, 15) is 4.79 Å². The SMILES string of the molecule is COC(=O)C(Nc1snc2ccccc12)C(C)C. The highest BCUT2D eigenvalue weighted by molar-refractivity contribution is 7.11. The highest BCUT2D eigenvalue weighted by Crippen LogP contribution is 2.28. The maximum atomic E-state index is 11.7. The number of esters is 1. The van der Waals surface area contributed by atoms with Crippen LogP contribution in [0.3, 0.4) is 0 Å². The molecule has 5 heteroatoms. The average Bonchev–Trinajstić information content (AvgIpc) is 2.78. The van der Waals surface area contributed by atoms with Crippen LogP contribution in [-0.4, -0.2) is 23.5 Å². The van der Waals surface area contributed by atoms with Crippen molar-refractivity contribution in [2.75, 3.05) is 12.4 Å².